The van der Waals surface area contributed by atoms with Crippen molar-refractivity contribution in [2.24, 2.45) is 4.99 Å². The van der Waals surface area contributed by atoms with Gasteiger partial charge in [0.1, 0.15) is 0 Å². The Morgan fingerprint density at radius 2 is 1.85 bits per heavy atom. The summed E-state index contributed by atoms with van der Waals surface area (Å²) in [5, 5.41) is 3.53. The van der Waals surface area contributed by atoms with Crippen LogP contribution in [0.2, 0.25) is 0 Å². The van der Waals surface area contributed by atoms with Crippen molar-refractivity contribution in [2.75, 3.05) is 26.2 Å². The number of aromatic amines is 1. The zero-order valence-electron chi connectivity index (χ0n) is 19.1. The number of nitrogens with zero attached hydrogens (tertiary/aromatic N) is 3. The predicted molar refractivity (Wildman–Crippen MR) is 129 cm³/mol. The molecule has 6 nitrogen and oxygen atoms in total. The normalized spacial score (nSPS) is 24.4. The molecule has 8 heteroatoms. The number of para-hydroxylation sites is 2. The highest BCUT2D eigenvalue weighted by molar-refractivity contribution is 5.86. The lowest BCUT2D eigenvalue weighted by molar-refractivity contribution is 0.191. The number of likely N-dealkylation sites (tertiary alicyclic amines) is 1. The van der Waals surface area contributed by atoms with E-state index < -0.39 is 11.6 Å². The van der Waals surface area contributed by atoms with E-state index in [1.807, 2.05) is 28.8 Å². The average molecular weight is 466 g/mol. The standard InChI is InChI=1S/C26H29F2N5O/c27-20-13-16-5-6-22-19(18(16)14-21(20)28)15-25(30-22)29-9-12-32-10-7-17(8-11-32)33-24-4-2-1-3-23(24)31-26(33)34/h1-4,13-14,17,19,22H,5-12,15H2,(H,29,30)(H,31,34). The zero-order valence-corrected chi connectivity index (χ0v) is 19.1. The molecule has 3 aromatic rings. The Morgan fingerprint density at radius 1 is 1.06 bits per heavy atom. The van der Waals surface area contributed by atoms with Crippen LogP contribution in [0, 0.1) is 11.6 Å². The summed E-state index contributed by atoms with van der Waals surface area (Å²) >= 11 is 0. The van der Waals surface area contributed by atoms with Crippen LogP contribution in [0.1, 0.15) is 48.8 Å². The molecule has 1 aromatic heterocycles. The van der Waals surface area contributed by atoms with Crippen LogP contribution >= 0.6 is 0 Å². The van der Waals surface area contributed by atoms with E-state index in [4.69, 9.17) is 4.99 Å². The van der Waals surface area contributed by atoms with Gasteiger partial charge in [-0.1, -0.05) is 12.1 Å². The summed E-state index contributed by atoms with van der Waals surface area (Å²) in [6.07, 6.45) is 4.33. The van der Waals surface area contributed by atoms with E-state index in [9.17, 15) is 13.6 Å². The molecular formula is C26H29F2N5O. The maximum atomic E-state index is 13.8. The van der Waals surface area contributed by atoms with E-state index in [1.54, 1.807) is 0 Å². The first kappa shape index (κ1) is 21.5. The number of piperidine rings is 1. The number of aliphatic imine (C=N–C) groups is 1. The summed E-state index contributed by atoms with van der Waals surface area (Å²) in [6, 6.07) is 11.1. The monoisotopic (exact) mass is 465 g/mol. The number of imidazole rings is 1. The van der Waals surface area contributed by atoms with E-state index in [2.05, 4.69) is 15.2 Å². The van der Waals surface area contributed by atoms with E-state index in [1.165, 1.54) is 12.1 Å². The minimum absolute atomic E-state index is 0.0241. The predicted octanol–water partition coefficient (Wildman–Crippen LogP) is 3.74. The lowest BCUT2D eigenvalue weighted by Crippen LogP contribution is -2.38. The fourth-order valence-corrected chi connectivity index (χ4v) is 6.07. The van der Waals surface area contributed by atoms with Gasteiger partial charge in [0.25, 0.3) is 0 Å². The van der Waals surface area contributed by atoms with Gasteiger partial charge in [-0.05, 0) is 61.1 Å². The molecule has 34 heavy (non-hydrogen) atoms. The Labute approximate surface area is 196 Å². The van der Waals surface area contributed by atoms with Crippen LogP contribution < -0.4 is 11.0 Å². The molecule has 2 atom stereocenters. The second kappa shape index (κ2) is 8.65. The average Bonchev–Trinajstić information content (AvgIpc) is 3.40. The first-order valence-electron chi connectivity index (χ1n) is 12.3. The van der Waals surface area contributed by atoms with Gasteiger partial charge in [0.2, 0.25) is 0 Å². The quantitative estimate of drug-likeness (QED) is 0.617. The van der Waals surface area contributed by atoms with Gasteiger partial charge in [0.15, 0.2) is 11.6 Å². The fraction of sp³-hybridized carbons (Fsp3) is 0.462. The molecular weight excluding hydrogens is 436 g/mol. The molecule has 3 heterocycles. The summed E-state index contributed by atoms with van der Waals surface area (Å²) < 4.78 is 29.4. The molecule has 2 unspecified atom stereocenters. The second-order valence-corrected chi connectivity index (χ2v) is 9.78. The highest BCUT2D eigenvalue weighted by Crippen LogP contribution is 2.38. The van der Waals surface area contributed by atoms with E-state index in [-0.39, 0.29) is 23.7 Å². The maximum absolute atomic E-state index is 13.8. The molecule has 6 rings (SSSR count). The van der Waals surface area contributed by atoms with E-state index >= 15 is 0 Å². The van der Waals surface area contributed by atoms with Gasteiger partial charge in [-0.2, -0.15) is 0 Å². The number of benzene rings is 2. The van der Waals surface area contributed by atoms with Crippen LogP contribution in [0.4, 0.5) is 8.78 Å². The number of hydrogen-bond donors (Lipinski definition) is 2. The van der Waals surface area contributed by atoms with Gasteiger partial charge < -0.3 is 15.2 Å². The number of hydrogen-bond acceptors (Lipinski definition) is 3. The number of rotatable bonds is 4. The van der Waals surface area contributed by atoms with Crippen molar-refractivity contribution in [3.05, 3.63) is 69.6 Å². The lowest BCUT2D eigenvalue weighted by atomic mass is 9.80. The number of aromatic nitrogens is 2. The summed E-state index contributed by atoms with van der Waals surface area (Å²) in [6.45, 7) is 3.48. The van der Waals surface area contributed by atoms with Crippen molar-refractivity contribution in [1.82, 2.24) is 19.8 Å². The van der Waals surface area contributed by atoms with Gasteiger partial charge in [0.05, 0.1) is 23.4 Å². The molecule has 3 aliphatic rings. The lowest BCUT2D eigenvalue weighted by Gasteiger charge is -2.32. The van der Waals surface area contributed by atoms with Crippen molar-refractivity contribution in [1.29, 1.82) is 0 Å². The van der Waals surface area contributed by atoms with Crippen LogP contribution in [0.15, 0.2) is 46.2 Å². The Morgan fingerprint density at radius 3 is 2.71 bits per heavy atom. The minimum Gasteiger partial charge on any atom is -0.370 e. The van der Waals surface area contributed by atoms with Gasteiger partial charge in [-0.15, -0.1) is 0 Å². The van der Waals surface area contributed by atoms with E-state index in [0.717, 1.165) is 79.7 Å². The largest absolute Gasteiger partial charge is 0.370 e. The van der Waals surface area contributed by atoms with Crippen LogP contribution in [0.3, 0.4) is 0 Å². The van der Waals surface area contributed by atoms with Crippen molar-refractivity contribution in [3.63, 3.8) is 0 Å². The smallest absolute Gasteiger partial charge is 0.326 e. The number of halogens is 2. The van der Waals surface area contributed by atoms with Crippen molar-refractivity contribution < 1.29 is 8.78 Å². The Hall–Kier alpha value is -3.00. The maximum Gasteiger partial charge on any atom is 0.326 e. The number of H-pyrrole nitrogens is 1. The zero-order chi connectivity index (χ0) is 23.2. The summed E-state index contributed by atoms with van der Waals surface area (Å²) in [5.74, 6) is -0.367. The van der Waals surface area contributed by atoms with Crippen molar-refractivity contribution >= 4 is 16.9 Å². The molecule has 2 saturated heterocycles. The second-order valence-electron chi connectivity index (χ2n) is 9.78. The third kappa shape index (κ3) is 3.83. The molecule has 0 radical (unpaired) electrons. The van der Waals surface area contributed by atoms with Gasteiger partial charge in [-0.3, -0.25) is 9.56 Å². The Kier molecular flexibility index (Phi) is 5.48. The molecule has 2 N–H and O–H groups in total. The number of nitrogens with one attached hydrogen (secondary N) is 2. The molecule has 0 bridgehead atoms. The third-order valence-corrected chi connectivity index (χ3v) is 7.82. The SMILES string of the molecule is O=c1[nH]c2ccccc2n1C1CCN(CCN=C2CC3c4cc(F)c(F)cc4CCC3N2)CC1. The minimum atomic E-state index is -0.761. The number of fused-ring (bicyclic) bond motifs is 4. The topological polar surface area (TPSA) is 65.4 Å². The van der Waals surface area contributed by atoms with Crippen LogP contribution in [-0.2, 0) is 6.42 Å². The highest BCUT2D eigenvalue weighted by atomic mass is 19.2. The van der Waals surface area contributed by atoms with Crippen LogP contribution in [-0.4, -0.2) is 52.5 Å². The first-order valence-corrected chi connectivity index (χ1v) is 12.3. The number of aryl methyl sites for hydroxylation is 1. The van der Waals surface area contributed by atoms with Gasteiger partial charge >= 0.3 is 5.69 Å². The van der Waals surface area contributed by atoms with Crippen molar-refractivity contribution in [3.8, 4) is 0 Å². The van der Waals surface area contributed by atoms with Crippen LogP contribution in [0.25, 0.3) is 11.0 Å². The van der Waals surface area contributed by atoms with Gasteiger partial charge in [-0.25, -0.2) is 13.6 Å². The van der Waals surface area contributed by atoms with E-state index in [0.29, 0.717) is 6.54 Å². The summed E-state index contributed by atoms with van der Waals surface area (Å²) in [7, 11) is 0. The molecule has 0 spiro atoms. The molecule has 1 aliphatic carbocycles. The van der Waals surface area contributed by atoms with Gasteiger partial charge in [0, 0.05) is 44.1 Å². The summed E-state index contributed by atoms with van der Waals surface area (Å²) in [4.78, 5) is 22.7. The molecule has 2 aliphatic heterocycles. The molecule has 0 saturated carbocycles. The molecule has 178 valence electrons. The molecule has 2 aromatic carbocycles. The molecule has 2 fully saturated rings. The van der Waals surface area contributed by atoms with Crippen molar-refractivity contribution in [2.45, 2.75) is 50.1 Å². The summed E-state index contributed by atoms with van der Waals surface area (Å²) in [5.41, 5.74) is 3.72. The fourth-order valence-electron chi connectivity index (χ4n) is 6.07. The van der Waals surface area contributed by atoms with Crippen LogP contribution in [0.5, 0.6) is 0 Å². The Bertz CT molecular complexity index is 1300. The Balaban J connectivity index is 1.05. The number of amidine groups is 1. The molecule has 0 amide bonds. The first-order chi connectivity index (χ1) is 16.6. The third-order valence-electron chi connectivity index (χ3n) is 7.82. The highest BCUT2D eigenvalue weighted by Gasteiger charge is 2.37.